The van der Waals surface area contributed by atoms with Gasteiger partial charge in [0.25, 0.3) is 5.72 Å². The van der Waals surface area contributed by atoms with E-state index in [2.05, 4.69) is 21.0 Å². The van der Waals surface area contributed by atoms with E-state index in [0.717, 1.165) is 4.47 Å². The Morgan fingerprint density at radius 3 is 2.35 bits per heavy atom. The summed E-state index contributed by atoms with van der Waals surface area (Å²) in [5.74, 6) is -0.928. The van der Waals surface area contributed by atoms with Crippen molar-refractivity contribution in [1.29, 1.82) is 0 Å². The van der Waals surface area contributed by atoms with E-state index < -0.39 is 24.2 Å². The number of carbonyl (C=O) groups is 1. The van der Waals surface area contributed by atoms with Crippen LogP contribution in [0.1, 0.15) is 17.5 Å². The zero-order valence-electron chi connectivity index (χ0n) is 13.4. The van der Waals surface area contributed by atoms with Crippen LogP contribution in [0, 0.1) is 0 Å². The first-order valence-corrected chi connectivity index (χ1v) is 8.49. The summed E-state index contributed by atoms with van der Waals surface area (Å²) < 4.78 is 41.3. The smallest absolute Gasteiger partial charge is 0.362 e. The van der Waals surface area contributed by atoms with E-state index in [9.17, 15) is 23.1 Å². The predicted octanol–water partition coefficient (Wildman–Crippen LogP) is 3.88. The van der Waals surface area contributed by atoms with Crippen LogP contribution in [0.4, 0.5) is 13.2 Å². The molecule has 0 spiro atoms. The van der Waals surface area contributed by atoms with Gasteiger partial charge in [-0.1, -0.05) is 58.4 Å². The fourth-order valence-electron chi connectivity index (χ4n) is 2.68. The van der Waals surface area contributed by atoms with Crippen LogP contribution in [0.25, 0.3) is 0 Å². The standard InChI is InChI=1S/C18H14BrF3N2O2/c19-14-8-6-13(7-9-14)15-11-17(26,18(20,21)22)24(23-15)16(25)10-12-4-2-1-3-5-12/h1-9,26H,10-11H2. The number of nitrogens with zero attached hydrogens (tertiary/aromatic N) is 2. The highest BCUT2D eigenvalue weighted by atomic mass is 79.9. The van der Waals surface area contributed by atoms with Crippen LogP contribution in [0.15, 0.2) is 64.2 Å². The number of amides is 1. The van der Waals surface area contributed by atoms with Crippen molar-refractivity contribution in [3.05, 3.63) is 70.2 Å². The molecule has 1 N–H and O–H groups in total. The van der Waals surface area contributed by atoms with Crippen molar-refractivity contribution in [3.63, 3.8) is 0 Å². The zero-order chi connectivity index (χ0) is 18.9. The Bertz CT molecular complexity index is 838. The minimum Gasteiger partial charge on any atom is -0.362 e. The lowest BCUT2D eigenvalue weighted by atomic mass is 10.0. The Kier molecular flexibility index (Phi) is 4.90. The number of hydrazone groups is 1. The Morgan fingerprint density at radius 1 is 1.15 bits per heavy atom. The van der Waals surface area contributed by atoms with E-state index in [1.165, 1.54) is 0 Å². The SMILES string of the molecule is O=C(Cc1ccccc1)N1N=C(c2ccc(Br)cc2)CC1(O)C(F)(F)F. The van der Waals surface area contributed by atoms with Gasteiger partial charge in [-0.05, 0) is 23.3 Å². The molecule has 1 aliphatic rings. The van der Waals surface area contributed by atoms with Crippen LogP contribution in [-0.4, -0.2) is 33.6 Å². The zero-order valence-corrected chi connectivity index (χ0v) is 15.0. The van der Waals surface area contributed by atoms with Crippen molar-refractivity contribution in [2.24, 2.45) is 5.10 Å². The lowest BCUT2D eigenvalue weighted by molar-refractivity contribution is -0.302. The Morgan fingerprint density at radius 2 is 1.77 bits per heavy atom. The van der Waals surface area contributed by atoms with Gasteiger partial charge in [0, 0.05) is 4.47 Å². The van der Waals surface area contributed by atoms with Crippen LogP contribution in [0.3, 0.4) is 0 Å². The molecule has 0 bridgehead atoms. The minimum absolute atomic E-state index is 0.00117. The number of carbonyl (C=O) groups excluding carboxylic acids is 1. The van der Waals surface area contributed by atoms with Crippen LogP contribution in [-0.2, 0) is 11.2 Å². The topological polar surface area (TPSA) is 52.9 Å². The second-order valence-corrected chi connectivity index (χ2v) is 6.83. The van der Waals surface area contributed by atoms with Crippen LogP contribution in [0.2, 0.25) is 0 Å². The highest BCUT2D eigenvalue weighted by Crippen LogP contribution is 2.41. The van der Waals surface area contributed by atoms with Crippen LogP contribution in [0.5, 0.6) is 0 Å². The molecule has 3 rings (SSSR count). The van der Waals surface area contributed by atoms with Crippen molar-refractivity contribution < 1.29 is 23.1 Å². The number of alkyl halides is 3. The summed E-state index contributed by atoms with van der Waals surface area (Å²) >= 11 is 3.25. The highest BCUT2D eigenvalue weighted by molar-refractivity contribution is 9.10. The molecule has 0 aromatic heterocycles. The summed E-state index contributed by atoms with van der Waals surface area (Å²) in [5.41, 5.74) is -2.42. The van der Waals surface area contributed by atoms with Gasteiger partial charge in [-0.15, -0.1) is 0 Å². The predicted molar refractivity (Wildman–Crippen MR) is 93.3 cm³/mol. The molecule has 136 valence electrons. The number of rotatable bonds is 3. The van der Waals surface area contributed by atoms with Gasteiger partial charge in [-0.2, -0.15) is 23.3 Å². The quantitative estimate of drug-likeness (QED) is 0.809. The van der Waals surface area contributed by atoms with Crippen molar-refractivity contribution in [1.82, 2.24) is 5.01 Å². The Balaban J connectivity index is 1.94. The summed E-state index contributed by atoms with van der Waals surface area (Å²) in [5, 5.41) is 14.3. The number of halogens is 4. The largest absolute Gasteiger partial charge is 0.438 e. The lowest BCUT2D eigenvalue weighted by Crippen LogP contribution is -2.57. The molecule has 26 heavy (non-hydrogen) atoms. The molecule has 2 aromatic rings. The monoisotopic (exact) mass is 426 g/mol. The molecule has 0 saturated carbocycles. The fourth-order valence-corrected chi connectivity index (χ4v) is 2.94. The third kappa shape index (κ3) is 3.52. The average molecular weight is 427 g/mol. The summed E-state index contributed by atoms with van der Waals surface area (Å²) in [7, 11) is 0. The third-order valence-corrected chi connectivity index (χ3v) is 4.58. The lowest BCUT2D eigenvalue weighted by Gasteiger charge is -2.32. The van der Waals surface area contributed by atoms with Crippen molar-refractivity contribution in [2.45, 2.75) is 24.7 Å². The van der Waals surface area contributed by atoms with E-state index in [1.54, 1.807) is 54.6 Å². The number of benzene rings is 2. The fraction of sp³-hybridized carbons (Fsp3) is 0.222. The maximum absolute atomic E-state index is 13.5. The second-order valence-electron chi connectivity index (χ2n) is 5.91. The van der Waals surface area contributed by atoms with E-state index in [1.807, 2.05) is 0 Å². The average Bonchev–Trinajstić information content (AvgIpc) is 2.95. The molecular weight excluding hydrogens is 413 g/mol. The van der Waals surface area contributed by atoms with Gasteiger partial charge in [0.1, 0.15) is 0 Å². The number of hydrogen-bond donors (Lipinski definition) is 1. The summed E-state index contributed by atoms with van der Waals surface area (Å²) in [6, 6.07) is 14.8. The van der Waals surface area contributed by atoms with Crippen molar-refractivity contribution >= 4 is 27.5 Å². The van der Waals surface area contributed by atoms with Gasteiger partial charge >= 0.3 is 6.18 Å². The first-order chi connectivity index (χ1) is 12.2. The first kappa shape index (κ1) is 18.6. The van der Waals surface area contributed by atoms with Gasteiger partial charge in [-0.3, -0.25) is 4.79 Å². The molecule has 1 heterocycles. The maximum atomic E-state index is 13.5. The normalized spacial score (nSPS) is 20.2. The molecule has 4 nitrogen and oxygen atoms in total. The van der Waals surface area contributed by atoms with Gasteiger partial charge in [0.2, 0.25) is 5.91 Å². The Labute approximate surface area is 156 Å². The Hall–Kier alpha value is -2.19. The van der Waals surface area contributed by atoms with Gasteiger partial charge in [0.05, 0.1) is 18.6 Å². The van der Waals surface area contributed by atoms with Gasteiger partial charge < -0.3 is 5.11 Å². The van der Waals surface area contributed by atoms with E-state index in [-0.39, 0.29) is 17.1 Å². The van der Waals surface area contributed by atoms with Gasteiger partial charge in [-0.25, -0.2) is 0 Å². The molecule has 8 heteroatoms. The van der Waals surface area contributed by atoms with Gasteiger partial charge in [0.15, 0.2) is 0 Å². The van der Waals surface area contributed by atoms with E-state index in [4.69, 9.17) is 0 Å². The molecule has 0 radical (unpaired) electrons. The second kappa shape index (κ2) is 6.85. The number of aliphatic hydroxyl groups is 1. The molecule has 1 aliphatic heterocycles. The summed E-state index contributed by atoms with van der Waals surface area (Å²) in [6.45, 7) is 0. The molecular formula is C18H14BrF3N2O2. The molecule has 0 saturated heterocycles. The molecule has 1 unspecified atom stereocenters. The number of hydrogen-bond acceptors (Lipinski definition) is 3. The van der Waals surface area contributed by atoms with E-state index in [0.29, 0.717) is 11.1 Å². The van der Waals surface area contributed by atoms with Crippen LogP contribution >= 0.6 is 15.9 Å². The molecule has 0 fully saturated rings. The van der Waals surface area contributed by atoms with Crippen molar-refractivity contribution in [3.8, 4) is 0 Å². The molecule has 0 aliphatic carbocycles. The third-order valence-electron chi connectivity index (χ3n) is 4.05. The van der Waals surface area contributed by atoms with Crippen molar-refractivity contribution in [2.75, 3.05) is 0 Å². The maximum Gasteiger partial charge on any atom is 0.438 e. The summed E-state index contributed by atoms with van der Waals surface area (Å²) in [6.07, 6.45) is -6.16. The molecule has 1 atom stereocenters. The first-order valence-electron chi connectivity index (χ1n) is 7.70. The molecule has 2 aromatic carbocycles. The molecule has 1 amide bonds. The summed E-state index contributed by atoms with van der Waals surface area (Å²) in [4.78, 5) is 12.5. The van der Waals surface area contributed by atoms with Crippen LogP contribution < -0.4 is 0 Å². The van der Waals surface area contributed by atoms with E-state index >= 15 is 0 Å². The highest BCUT2D eigenvalue weighted by Gasteiger charge is 2.63. The minimum atomic E-state index is -5.04.